The normalized spacial score (nSPS) is 19.5. The van der Waals surface area contributed by atoms with Gasteiger partial charge in [-0.2, -0.15) is 8.42 Å². The van der Waals surface area contributed by atoms with Crippen molar-refractivity contribution in [2.24, 2.45) is 0 Å². The van der Waals surface area contributed by atoms with E-state index in [1.807, 2.05) is 6.08 Å². The van der Waals surface area contributed by atoms with E-state index < -0.39 is 71.2 Å². The molecule has 6 atom stereocenters. The zero-order chi connectivity index (χ0) is 47.6. The van der Waals surface area contributed by atoms with Crippen molar-refractivity contribution >= 4 is 22.1 Å². The highest BCUT2D eigenvalue weighted by molar-refractivity contribution is 7.85. The molecule has 1 fully saturated rings. The van der Waals surface area contributed by atoms with E-state index in [0.29, 0.717) is 12.8 Å². The third-order valence-corrected chi connectivity index (χ3v) is 13.4. The van der Waals surface area contributed by atoms with Crippen molar-refractivity contribution in [1.82, 2.24) is 0 Å². The molecule has 384 valence electrons. The molecular formula is C52H98O12S. The van der Waals surface area contributed by atoms with E-state index in [9.17, 15) is 37.9 Å². The largest absolute Gasteiger partial charge is 0.462 e. The Bertz CT molecular complexity index is 1250. The Morgan fingerprint density at radius 2 is 0.908 bits per heavy atom. The molecule has 1 rings (SSSR count). The summed E-state index contributed by atoms with van der Waals surface area (Å²) in [6, 6.07) is 0. The molecule has 0 aromatic heterocycles. The van der Waals surface area contributed by atoms with Crippen molar-refractivity contribution in [3.8, 4) is 0 Å². The highest BCUT2D eigenvalue weighted by Crippen LogP contribution is 2.24. The maximum atomic E-state index is 12.8. The molecule has 1 aliphatic heterocycles. The Balaban J connectivity index is 2.33. The number of unbranched alkanes of at least 4 members (excludes halogenated alkanes) is 32. The standard InChI is InChI=1S/C52H98O12S/c1-3-5-7-9-11-13-15-17-19-20-21-22-23-24-25-27-28-30-32-34-36-38-40-47(53)61-42-45(43-62-52-51(57)50(56)49(55)46(64-52)44-65(58,59)60)63-48(54)41-39-37-35-33-31-29-26-18-16-14-12-10-8-6-4-2/h35,37,45-46,49-52,55-57H,3-34,36,38-44H2,1-2H3,(H,58,59,60)/b37-35+/t45-,46-,49-,50?,51?,52+/m1/s1. The number of carbonyl (C=O) groups is 2. The summed E-state index contributed by atoms with van der Waals surface area (Å²) in [7, 11) is -4.61. The van der Waals surface area contributed by atoms with E-state index in [1.54, 1.807) is 0 Å². The van der Waals surface area contributed by atoms with Crippen molar-refractivity contribution in [1.29, 1.82) is 0 Å². The third kappa shape index (κ3) is 37.0. The maximum absolute atomic E-state index is 12.8. The monoisotopic (exact) mass is 947 g/mol. The zero-order valence-electron chi connectivity index (χ0n) is 41.4. The van der Waals surface area contributed by atoms with E-state index in [-0.39, 0.29) is 19.4 Å². The molecule has 0 saturated carbocycles. The fourth-order valence-corrected chi connectivity index (χ4v) is 9.15. The quantitative estimate of drug-likeness (QED) is 0.0196. The first-order valence-electron chi connectivity index (χ1n) is 26.7. The van der Waals surface area contributed by atoms with Crippen LogP contribution in [0.3, 0.4) is 0 Å². The number of aliphatic hydroxyl groups excluding tert-OH is 3. The average Bonchev–Trinajstić information content (AvgIpc) is 3.27. The predicted octanol–water partition coefficient (Wildman–Crippen LogP) is 12.2. The molecule has 1 heterocycles. The summed E-state index contributed by atoms with van der Waals surface area (Å²) in [4.78, 5) is 25.5. The second-order valence-corrected chi connectivity index (χ2v) is 20.4. The van der Waals surface area contributed by atoms with Crippen LogP contribution in [0, 0.1) is 0 Å². The Hall–Kier alpha value is -1.61. The molecule has 4 N–H and O–H groups in total. The zero-order valence-corrected chi connectivity index (χ0v) is 42.2. The SMILES string of the molecule is CCCCCCCCCCCCC/C=C/CCC(=O)O[C@H](COC(=O)CCCCCCCCCCCCCCCCCCCCCCCC)CO[C@H]1O[C@H](CS(=O)(=O)O)[C@@H](O)C(O)C1O. The molecule has 1 aliphatic rings. The van der Waals surface area contributed by atoms with Gasteiger partial charge in [-0.1, -0.05) is 225 Å². The highest BCUT2D eigenvalue weighted by atomic mass is 32.2. The van der Waals surface area contributed by atoms with Crippen molar-refractivity contribution in [2.75, 3.05) is 19.0 Å². The van der Waals surface area contributed by atoms with Crippen LogP contribution < -0.4 is 0 Å². The van der Waals surface area contributed by atoms with Crippen molar-refractivity contribution in [3.05, 3.63) is 12.2 Å². The minimum absolute atomic E-state index is 0.0859. The molecule has 65 heavy (non-hydrogen) atoms. The van der Waals surface area contributed by atoms with Crippen LogP contribution >= 0.6 is 0 Å². The van der Waals surface area contributed by atoms with Crippen molar-refractivity contribution in [3.63, 3.8) is 0 Å². The highest BCUT2D eigenvalue weighted by Gasteiger charge is 2.46. The van der Waals surface area contributed by atoms with Crippen molar-refractivity contribution < 1.29 is 56.8 Å². The molecule has 0 spiro atoms. The maximum Gasteiger partial charge on any atom is 0.306 e. The average molecular weight is 947 g/mol. The van der Waals surface area contributed by atoms with E-state index in [4.69, 9.17) is 18.9 Å². The molecule has 0 aromatic rings. The second kappa shape index (κ2) is 42.5. The Morgan fingerprint density at radius 3 is 1.34 bits per heavy atom. The lowest BCUT2D eigenvalue weighted by atomic mass is 10.00. The number of esters is 2. The molecule has 0 aliphatic carbocycles. The van der Waals surface area contributed by atoms with Gasteiger partial charge in [-0.15, -0.1) is 0 Å². The first kappa shape index (κ1) is 61.4. The van der Waals surface area contributed by atoms with Gasteiger partial charge in [0.1, 0.15) is 36.8 Å². The fraction of sp³-hybridized carbons (Fsp3) is 0.923. The smallest absolute Gasteiger partial charge is 0.306 e. The Labute approximate surface area is 396 Å². The summed E-state index contributed by atoms with van der Waals surface area (Å²) in [5.74, 6) is -2.02. The van der Waals surface area contributed by atoms with Gasteiger partial charge in [0.2, 0.25) is 0 Å². The van der Waals surface area contributed by atoms with Crippen LogP contribution in [0.25, 0.3) is 0 Å². The van der Waals surface area contributed by atoms with Gasteiger partial charge in [0.25, 0.3) is 10.1 Å². The molecule has 1 saturated heterocycles. The summed E-state index contributed by atoms with van der Waals surface area (Å²) >= 11 is 0. The van der Waals surface area contributed by atoms with Crippen molar-refractivity contribution in [2.45, 2.75) is 288 Å². The number of hydrogen-bond acceptors (Lipinski definition) is 11. The lowest BCUT2D eigenvalue weighted by Gasteiger charge is -2.40. The van der Waals surface area contributed by atoms with Gasteiger partial charge in [0, 0.05) is 12.8 Å². The van der Waals surface area contributed by atoms with E-state index in [0.717, 1.165) is 32.1 Å². The van der Waals surface area contributed by atoms with Crippen LogP contribution in [0.4, 0.5) is 0 Å². The first-order chi connectivity index (χ1) is 31.5. The van der Waals surface area contributed by atoms with E-state index in [1.165, 1.54) is 180 Å². The van der Waals surface area contributed by atoms with Gasteiger partial charge in [-0.05, 0) is 25.7 Å². The predicted molar refractivity (Wildman–Crippen MR) is 261 cm³/mol. The van der Waals surface area contributed by atoms with Gasteiger partial charge in [-0.3, -0.25) is 14.1 Å². The number of aliphatic hydroxyl groups is 3. The molecule has 13 heteroatoms. The minimum Gasteiger partial charge on any atom is -0.462 e. The first-order valence-corrected chi connectivity index (χ1v) is 28.4. The van der Waals surface area contributed by atoms with Crippen LogP contribution in [0.1, 0.15) is 251 Å². The van der Waals surface area contributed by atoms with Gasteiger partial charge >= 0.3 is 11.9 Å². The number of carbonyl (C=O) groups excluding carboxylic acids is 2. The topological polar surface area (TPSA) is 186 Å². The summed E-state index contributed by atoms with van der Waals surface area (Å²) in [5.41, 5.74) is 0. The fourth-order valence-electron chi connectivity index (χ4n) is 8.46. The Kier molecular flexibility index (Phi) is 40.1. The lowest BCUT2D eigenvalue weighted by molar-refractivity contribution is -0.297. The summed E-state index contributed by atoms with van der Waals surface area (Å²) < 4.78 is 54.2. The van der Waals surface area contributed by atoms with Crippen LogP contribution in [-0.4, -0.2) is 96.0 Å². The van der Waals surface area contributed by atoms with Gasteiger partial charge < -0.3 is 34.3 Å². The summed E-state index contributed by atoms with van der Waals surface area (Å²) in [6.07, 6.45) is 38.4. The van der Waals surface area contributed by atoms with Gasteiger partial charge in [0.15, 0.2) is 12.4 Å². The minimum atomic E-state index is -4.61. The second-order valence-electron chi connectivity index (χ2n) is 18.9. The van der Waals surface area contributed by atoms with Crippen LogP contribution in [-0.2, 0) is 38.7 Å². The summed E-state index contributed by atoms with van der Waals surface area (Å²) in [5, 5.41) is 31.0. The number of ether oxygens (including phenoxy) is 4. The number of rotatable bonds is 46. The van der Waals surface area contributed by atoms with Crippen LogP contribution in [0.5, 0.6) is 0 Å². The summed E-state index contributed by atoms with van der Waals surface area (Å²) in [6.45, 7) is 3.78. The van der Waals surface area contributed by atoms with Gasteiger partial charge in [0.05, 0.1) is 6.61 Å². The number of hydrogen-bond donors (Lipinski definition) is 4. The molecule has 0 radical (unpaired) electrons. The number of allylic oxidation sites excluding steroid dienone is 2. The Morgan fingerprint density at radius 1 is 0.508 bits per heavy atom. The molecule has 12 nitrogen and oxygen atoms in total. The molecule has 2 unspecified atom stereocenters. The molecule has 0 aromatic carbocycles. The lowest BCUT2D eigenvalue weighted by Crippen LogP contribution is -2.60. The molecule has 0 bridgehead atoms. The van der Waals surface area contributed by atoms with Gasteiger partial charge in [-0.25, -0.2) is 0 Å². The molecule has 0 amide bonds. The molecular weight excluding hydrogens is 849 g/mol. The van der Waals surface area contributed by atoms with E-state index >= 15 is 0 Å². The van der Waals surface area contributed by atoms with Crippen LogP contribution in [0.15, 0.2) is 12.2 Å². The van der Waals surface area contributed by atoms with E-state index in [2.05, 4.69) is 19.9 Å². The van der Waals surface area contributed by atoms with Crippen LogP contribution in [0.2, 0.25) is 0 Å². The third-order valence-electron chi connectivity index (χ3n) is 12.6.